The minimum absolute atomic E-state index is 0.0468. The molecule has 0 aromatic rings. The lowest BCUT2D eigenvalue weighted by molar-refractivity contribution is -0.119. The topological polar surface area (TPSA) is 65.0 Å². The zero-order valence-corrected chi connectivity index (χ0v) is 11.0. The molecule has 18 heavy (non-hydrogen) atoms. The van der Waals surface area contributed by atoms with Crippen molar-refractivity contribution >= 4 is 0 Å². The summed E-state index contributed by atoms with van der Waals surface area (Å²) < 4.78 is 6.01. The van der Waals surface area contributed by atoms with E-state index in [-0.39, 0.29) is 24.4 Å². The molecule has 2 aliphatic heterocycles. The molecule has 104 valence electrons. The van der Waals surface area contributed by atoms with Crippen molar-refractivity contribution in [1.82, 2.24) is 10.2 Å². The van der Waals surface area contributed by atoms with Crippen LogP contribution in [-0.2, 0) is 4.74 Å². The van der Waals surface area contributed by atoms with Gasteiger partial charge in [0.15, 0.2) is 6.35 Å². The van der Waals surface area contributed by atoms with Crippen LogP contribution in [0.5, 0.6) is 0 Å². The molecule has 0 spiro atoms. The molecule has 5 nitrogen and oxygen atoms in total. The Labute approximate surface area is 108 Å². The van der Waals surface area contributed by atoms with Crippen LogP contribution in [-0.4, -0.2) is 58.9 Å². The van der Waals surface area contributed by atoms with Crippen LogP contribution in [0.2, 0.25) is 0 Å². The van der Waals surface area contributed by atoms with Crippen LogP contribution >= 0.6 is 0 Å². The summed E-state index contributed by atoms with van der Waals surface area (Å²) in [6.45, 7) is 4.24. The van der Waals surface area contributed by atoms with E-state index in [0.717, 1.165) is 32.4 Å². The first-order valence-electron chi connectivity index (χ1n) is 7.22. The second-order valence-corrected chi connectivity index (χ2v) is 5.87. The zero-order valence-electron chi connectivity index (χ0n) is 11.0. The molecule has 2 saturated heterocycles. The molecule has 3 N–H and O–H groups in total. The lowest BCUT2D eigenvalue weighted by Crippen LogP contribution is -2.58. The highest BCUT2D eigenvalue weighted by Gasteiger charge is 2.50. The Morgan fingerprint density at radius 2 is 2.06 bits per heavy atom. The molecule has 6 atom stereocenters. The molecular weight excluding hydrogens is 232 g/mol. The molecule has 0 bridgehead atoms. The number of fused-ring (bicyclic) bond motifs is 1. The van der Waals surface area contributed by atoms with Crippen LogP contribution in [0.3, 0.4) is 0 Å². The summed E-state index contributed by atoms with van der Waals surface area (Å²) in [7, 11) is 0. The van der Waals surface area contributed by atoms with Gasteiger partial charge in [-0.05, 0) is 25.2 Å². The quantitative estimate of drug-likeness (QED) is 0.657. The van der Waals surface area contributed by atoms with Crippen LogP contribution in [0, 0.1) is 5.92 Å². The summed E-state index contributed by atoms with van der Waals surface area (Å²) in [5.74, 6) is 0.170. The highest BCUT2D eigenvalue weighted by Crippen LogP contribution is 2.35. The molecular formula is C13H24N2O3. The zero-order chi connectivity index (χ0) is 12.7. The van der Waals surface area contributed by atoms with Gasteiger partial charge in [-0.2, -0.15) is 0 Å². The third-order valence-corrected chi connectivity index (χ3v) is 4.66. The second-order valence-electron chi connectivity index (χ2n) is 5.87. The van der Waals surface area contributed by atoms with Gasteiger partial charge in [-0.25, -0.2) is 0 Å². The number of rotatable bonds is 3. The van der Waals surface area contributed by atoms with Gasteiger partial charge in [0, 0.05) is 13.1 Å². The minimum atomic E-state index is -0.702. The molecule has 3 fully saturated rings. The smallest absolute Gasteiger partial charge is 0.166 e. The summed E-state index contributed by atoms with van der Waals surface area (Å²) in [4.78, 5) is 2.24. The van der Waals surface area contributed by atoms with Crippen molar-refractivity contribution in [1.29, 1.82) is 0 Å². The number of nitrogens with zero attached hydrogens (tertiary/aromatic N) is 1. The van der Waals surface area contributed by atoms with Gasteiger partial charge in [0.25, 0.3) is 0 Å². The van der Waals surface area contributed by atoms with Gasteiger partial charge in [0.2, 0.25) is 0 Å². The van der Waals surface area contributed by atoms with Crippen molar-refractivity contribution in [3.8, 4) is 0 Å². The molecule has 0 radical (unpaired) electrons. The largest absolute Gasteiger partial charge is 0.390 e. The van der Waals surface area contributed by atoms with Gasteiger partial charge in [-0.15, -0.1) is 0 Å². The van der Waals surface area contributed by atoms with Crippen molar-refractivity contribution < 1.29 is 14.9 Å². The third kappa shape index (κ3) is 2.08. The average Bonchev–Trinajstić information content (AvgIpc) is 2.67. The number of aliphatic hydroxyl groups excluding tert-OH is 2. The number of hydrogen-bond acceptors (Lipinski definition) is 5. The minimum Gasteiger partial charge on any atom is -0.390 e. The van der Waals surface area contributed by atoms with E-state index in [0.29, 0.717) is 0 Å². The Kier molecular flexibility index (Phi) is 3.60. The Balaban J connectivity index is 1.66. The van der Waals surface area contributed by atoms with E-state index in [2.05, 4.69) is 17.1 Å². The molecule has 1 aliphatic carbocycles. The molecule has 0 amide bonds. The van der Waals surface area contributed by atoms with E-state index in [1.165, 1.54) is 6.42 Å². The Morgan fingerprint density at radius 3 is 2.67 bits per heavy atom. The number of hydrogen-bond donors (Lipinski definition) is 3. The molecule has 2 heterocycles. The average molecular weight is 256 g/mol. The fourth-order valence-corrected chi connectivity index (χ4v) is 3.44. The molecule has 3 aliphatic rings. The monoisotopic (exact) mass is 256 g/mol. The van der Waals surface area contributed by atoms with E-state index in [4.69, 9.17) is 4.74 Å². The van der Waals surface area contributed by atoms with Crippen molar-refractivity contribution in [2.75, 3.05) is 13.1 Å². The van der Waals surface area contributed by atoms with Crippen LogP contribution < -0.4 is 5.32 Å². The molecule has 3 rings (SSSR count). The van der Waals surface area contributed by atoms with Gasteiger partial charge in [-0.3, -0.25) is 10.2 Å². The van der Waals surface area contributed by atoms with E-state index < -0.39 is 12.2 Å². The predicted molar refractivity (Wildman–Crippen MR) is 66.8 cm³/mol. The number of ether oxygens (including phenoxy) is 1. The summed E-state index contributed by atoms with van der Waals surface area (Å²) in [5, 5.41) is 23.7. The van der Waals surface area contributed by atoms with Gasteiger partial charge in [0.1, 0.15) is 0 Å². The molecule has 0 aromatic carbocycles. The van der Waals surface area contributed by atoms with Crippen LogP contribution in [0.1, 0.15) is 32.6 Å². The van der Waals surface area contributed by atoms with Crippen LogP contribution in [0.15, 0.2) is 0 Å². The summed E-state index contributed by atoms with van der Waals surface area (Å²) in [5.41, 5.74) is 0. The fourth-order valence-electron chi connectivity index (χ4n) is 3.44. The number of nitrogens with one attached hydrogen (secondary N) is 1. The van der Waals surface area contributed by atoms with Crippen molar-refractivity contribution in [2.24, 2.45) is 5.92 Å². The van der Waals surface area contributed by atoms with Gasteiger partial charge < -0.3 is 14.9 Å². The normalized spacial score (nSPS) is 48.8. The van der Waals surface area contributed by atoms with Crippen molar-refractivity contribution in [3.63, 3.8) is 0 Å². The van der Waals surface area contributed by atoms with E-state index in [9.17, 15) is 10.2 Å². The third-order valence-electron chi connectivity index (χ3n) is 4.66. The second kappa shape index (κ2) is 5.06. The van der Waals surface area contributed by atoms with E-state index in [1.807, 2.05) is 0 Å². The molecule has 3 unspecified atom stereocenters. The first-order chi connectivity index (χ1) is 8.70. The first-order valence-corrected chi connectivity index (χ1v) is 7.22. The lowest BCUT2D eigenvalue weighted by atomic mass is 9.78. The maximum atomic E-state index is 10.2. The maximum Gasteiger partial charge on any atom is 0.166 e. The number of likely N-dealkylation sites (tertiary alicyclic amines) is 1. The Bertz CT molecular complexity index is 298. The van der Waals surface area contributed by atoms with Crippen molar-refractivity contribution in [2.45, 2.75) is 63.3 Å². The SMILES string of the molecule is CCCC1C[C@@H]2OC(N3CCC3)N[C@@H]2C(O)[C@@H]1O. The lowest BCUT2D eigenvalue weighted by Gasteiger charge is -2.38. The Morgan fingerprint density at radius 1 is 1.28 bits per heavy atom. The summed E-state index contributed by atoms with van der Waals surface area (Å²) in [6.07, 6.45) is 2.74. The van der Waals surface area contributed by atoms with Gasteiger partial charge in [-0.1, -0.05) is 13.3 Å². The Hall–Kier alpha value is -0.200. The fraction of sp³-hybridized carbons (Fsp3) is 1.00. The van der Waals surface area contributed by atoms with Crippen LogP contribution in [0.4, 0.5) is 0 Å². The highest BCUT2D eigenvalue weighted by molar-refractivity contribution is 5.01. The predicted octanol–water partition coefficient (Wildman–Crippen LogP) is -0.125. The van der Waals surface area contributed by atoms with Crippen molar-refractivity contribution in [3.05, 3.63) is 0 Å². The summed E-state index contributed by atoms with van der Waals surface area (Å²) >= 11 is 0. The summed E-state index contributed by atoms with van der Waals surface area (Å²) in [6, 6.07) is -0.112. The standard InChI is InChI=1S/C13H24N2O3/c1-2-4-8-7-9-10(12(17)11(8)16)14-13(18-9)15-5-3-6-15/h8-14,16-17H,2-7H2,1H3/t8?,9-,10-,11+,12?,13?/m0/s1. The molecule has 5 heteroatoms. The first kappa shape index (κ1) is 12.8. The maximum absolute atomic E-state index is 10.2. The van der Waals surface area contributed by atoms with E-state index >= 15 is 0 Å². The number of aliphatic hydroxyl groups is 2. The molecule has 0 aromatic heterocycles. The van der Waals surface area contributed by atoms with Gasteiger partial charge in [0.05, 0.1) is 24.4 Å². The molecule has 1 saturated carbocycles. The highest BCUT2D eigenvalue weighted by atomic mass is 16.5. The van der Waals surface area contributed by atoms with Crippen LogP contribution in [0.25, 0.3) is 0 Å². The van der Waals surface area contributed by atoms with Gasteiger partial charge >= 0.3 is 0 Å². The van der Waals surface area contributed by atoms with E-state index in [1.54, 1.807) is 0 Å².